The van der Waals surface area contributed by atoms with Crippen LogP contribution in [0.3, 0.4) is 0 Å². The fraction of sp³-hybridized carbons (Fsp3) is 0.143. The van der Waals surface area contributed by atoms with E-state index >= 15 is 0 Å². The van der Waals surface area contributed by atoms with E-state index in [4.69, 9.17) is 20.9 Å². The van der Waals surface area contributed by atoms with Gasteiger partial charge >= 0.3 is 0 Å². The Morgan fingerprint density at radius 1 is 0.833 bits per heavy atom. The fourth-order valence-electron chi connectivity index (χ4n) is 1.79. The Labute approximate surface area is 106 Å². The molecule has 4 heteroatoms. The summed E-state index contributed by atoms with van der Waals surface area (Å²) in [6.45, 7) is 0. The van der Waals surface area contributed by atoms with Gasteiger partial charge in [0.05, 0.1) is 14.2 Å². The quantitative estimate of drug-likeness (QED) is 0.814. The molecular formula is C14H16N2O2. The highest BCUT2D eigenvalue weighted by atomic mass is 16.5. The molecule has 0 saturated heterocycles. The summed E-state index contributed by atoms with van der Waals surface area (Å²) in [5.74, 6) is 1.43. The maximum atomic E-state index is 5.97. The van der Waals surface area contributed by atoms with E-state index in [-0.39, 0.29) is 0 Å². The summed E-state index contributed by atoms with van der Waals surface area (Å²) in [6, 6.07) is 11.0. The van der Waals surface area contributed by atoms with Gasteiger partial charge in [0.1, 0.15) is 11.5 Å². The molecule has 0 aliphatic rings. The van der Waals surface area contributed by atoms with Gasteiger partial charge in [0.15, 0.2) is 0 Å². The highest BCUT2D eigenvalue weighted by Crippen LogP contribution is 2.33. The highest BCUT2D eigenvalue weighted by molar-refractivity contribution is 5.80. The van der Waals surface area contributed by atoms with E-state index in [0.717, 1.165) is 11.1 Å². The third kappa shape index (κ3) is 2.32. The molecule has 94 valence electrons. The monoisotopic (exact) mass is 244 g/mol. The number of rotatable bonds is 3. The third-order valence-electron chi connectivity index (χ3n) is 2.74. The van der Waals surface area contributed by atoms with Gasteiger partial charge in [-0.2, -0.15) is 0 Å². The molecule has 0 aromatic heterocycles. The predicted octanol–water partition coefficient (Wildman–Crippen LogP) is 2.54. The first-order valence-corrected chi connectivity index (χ1v) is 5.52. The van der Waals surface area contributed by atoms with Crippen molar-refractivity contribution in [1.82, 2.24) is 0 Å². The van der Waals surface area contributed by atoms with Crippen molar-refractivity contribution in [2.24, 2.45) is 0 Å². The molecule has 18 heavy (non-hydrogen) atoms. The molecule has 0 aliphatic heterocycles. The van der Waals surface area contributed by atoms with Gasteiger partial charge in [-0.1, -0.05) is 0 Å². The molecule has 2 aromatic carbocycles. The molecule has 0 saturated carbocycles. The third-order valence-corrected chi connectivity index (χ3v) is 2.74. The average Bonchev–Trinajstić information content (AvgIpc) is 2.40. The summed E-state index contributed by atoms with van der Waals surface area (Å²) in [5, 5.41) is 0. The molecule has 0 amide bonds. The Hall–Kier alpha value is -2.36. The number of hydrogen-bond acceptors (Lipinski definition) is 4. The molecule has 4 nitrogen and oxygen atoms in total. The zero-order valence-electron chi connectivity index (χ0n) is 10.4. The van der Waals surface area contributed by atoms with E-state index in [1.165, 1.54) is 0 Å². The number of nitrogens with two attached hydrogens (primary N) is 2. The maximum Gasteiger partial charge on any atom is 0.123 e. The van der Waals surface area contributed by atoms with Crippen LogP contribution < -0.4 is 20.9 Å². The van der Waals surface area contributed by atoms with Crippen LogP contribution in [0.2, 0.25) is 0 Å². The van der Waals surface area contributed by atoms with Crippen molar-refractivity contribution in [3.8, 4) is 22.6 Å². The van der Waals surface area contributed by atoms with Gasteiger partial charge < -0.3 is 20.9 Å². The number of benzene rings is 2. The normalized spacial score (nSPS) is 10.1. The van der Waals surface area contributed by atoms with Gasteiger partial charge in [-0.05, 0) is 35.9 Å². The van der Waals surface area contributed by atoms with Crippen LogP contribution in [-0.2, 0) is 0 Å². The van der Waals surface area contributed by atoms with Gasteiger partial charge in [0, 0.05) is 23.0 Å². The number of anilines is 2. The van der Waals surface area contributed by atoms with Crippen LogP contribution in [0.1, 0.15) is 0 Å². The largest absolute Gasteiger partial charge is 0.497 e. The van der Waals surface area contributed by atoms with Crippen LogP contribution in [0.5, 0.6) is 11.5 Å². The van der Waals surface area contributed by atoms with E-state index in [0.29, 0.717) is 22.9 Å². The lowest BCUT2D eigenvalue weighted by Crippen LogP contribution is -1.94. The van der Waals surface area contributed by atoms with Crippen molar-refractivity contribution in [1.29, 1.82) is 0 Å². The Balaban J connectivity index is 2.58. The van der Waals surface area contributed by atoms with Crippen LogP contribution in [0.25, 0.3) is 11.1 Å². The first kappa shape index (κ1) is 12.1. The number of methoxy groups -OCH3 is 2. The summed E-state index contributed by atoms with van der Waals surface area (Å²) in [4.78, 5) is 0. The minimum absolute atomic E-state index is 0.666. The van der Waals surface area contributed by atoms with Gasteiger partial charge in [-0.15, -0.1) is 0 Å². The lowest BCUT2D eigenvalue weighted by Gasteiger charge is -2.11. The molecule has 0 fully saturated rings. The summed E-state index contributed by atoms with van der Waals surface area (Å²) in [6.07, 6.45) is 0. The standard InChI is InChI=1S/C14H16N2O2/c1-17-11-5-9(6-12(8-11)18-2)13-7-10(15)3-4-14(13)16/h3-8H,15-16H2,1-2H3. The summed E-state index contributed by atoms with van der Waals surface area (Å²) in [5.41, 5.74) is 14.9. The van der Waals surface area contributed by atoms with Crippen molar-refractivity contribution in [3.05, 3.63) is 36.4 Å². The SMILES string of the molecule is COc1cc(OC)cc(-c2cc(N)ccc2N)c1. The van der Waals surface area contributed by atoms with Crippen molar-refractivity contribution in [2.45, 2.75) is 0 Å². The van der Waals surface area contributed by atoms with Crippen LogP contribution >= 0.6 is 0 Å². The van der Waals surface area contributed by atoms with Crippen LogP contribution in [0.15, 0.2) is 36.4 Å². The van der Waals surface area contributed by atoms with Crippen molar-refractivity contribution in [2.75, 3.05) is 25.7 Å². The minimum Gasteiger partial charge on any atom is -0.497 e. The van der Waals surface area contributed by atoms with Crippen molar-refractivity contribution < 1.29 is 9.47 Å². The van der Waals surface area contributed by atoms with Crippen molar-refractivity contribution in [3.63, 3.8) is 0 Å². The smallest absolute Gasteiger partial charge is 0.123 e. The van der Waals surface area contributed by atoms with Crippen molar-refractivity contribution >= 4 is 11.4 Å². The second-order valence-electron chi connectivity index (χ2n) is 3.95. The van der Waals surface area contributed by atoms with Gasteiger partial charge in [-0.25, -0.2) is 0 Å². The maximum absolute atomic E-state index is 5.97. The lowest BCUT2D eigenvalue weighted by atomic mass is 10.0. The molecule has 0 atom stereocenters. The Morgan fingerprint density at radius 3 is 2.00 bits per heavy atom. The van der Waals surface area contributed by atoms with Crippen LogP contribution in [0, 0.1) is 0 Å². The Kier molecular flexibility index (Phi) is 3.28. The van der Waals surface area contributed by atoms with Gasteiger partial charge in [-0.3, -0.25) is 0 Å². The van der Waals surface area contributed by atoms with Gasteiger partial charge in [0.25, 0.3) is 0 Å². The molecule has 0 unspecified atom stereocenters. The summed E-state index contributed by atoms with van der Waals surface area (Å²) >= 11 is 0. The van der Waals surface area contributed by atoms with E-state index in [2.05, 4.69) is 0 Å². The zero-order valence-corrected chi connectivity index (χ0v) is 10.4. The first-order chi connectivity index (χ1) is 8.63. The number of nitrogen functional groups attached to an aromatic ring is 2. The average molecular weight is 244 g/mol. The summed E-state index contributed by atoms with van der Waals surface area (Å²) < 4.78 is 10.5. The van der Waals surface area contributed by atoms with E-state index < -0.39 is 0 Å². The summed E-state index contributed by atoms with van der Waals surface area (Å²) in [7, 11) is 3.22. The lowest BCUT2D eigenvalue weighted by molar-refractivity contribution is 0.394. The molecule has 0 heterocycles. The Bertz CT molecular complexity index is 545. The van der Waals surface area contributed by atoms with Crippen LogP contribution in [-0.4, -0.2) is 14.2 Å². The molecular weight excluding hydrogens is 228 g/mol. The molecule has 2 aromatic rings. The second kappa shape index (κ2) is 4.87. The number of hydrogen-bond donors (Lipinski definition) is 2. The number of ether oxygens (including phenoxy) is 2. The van der Waals surface area contributed by atoms with E-state index in [1.54, 1.807) is 26.4 Å². The van der Waals surface area contributed by atoms with Crippen LogP contribution in [0.4, 0.5) is 11.4 Å². The molecule has 0 aliphatic carbocycles. The molecule has 4 N–H and O–H groups in total. The molecule has 0 spiro atoms. The highest BCUT2D eigenvalue weighted by Gasteiger charge is 2.07. The van der Waals surface area contributed by atoms with E-state index in [1.807, 2.05) is 24.3 Å². The zero-order chi connectivity index (χ0) is 13.1. The minimum atomic E-state index is 0.666. The second-order valence-corrected chi connectivity index (χ2v) is 3.95. The first-order valence-electron chi connectivity index (χ1n) is 5.52. The Morgan fingerprint density at radius 2 is 1.44 bits per heavy atom. The molecule has 2 rings (SSSR count). The molecule has 0 radical (unpaired) electrons. The molecule has 0 bridgehead atoms. The predicted molar refractivity (Wildman–Crippen MR) is 73.8 cm³/mol. The topological polar surface area (TPSA) is 70.5 Å². The fourth-order valence-corrected chi connectivity index (χ4v) is 1.79. The van der Waals surface area contributed by atoms with E-state index in [9.17, 15) is 0 Å². The van der Waals surface area contributed by atoms with Gasteiger partial charge in [0.2, 0.25) is 0 Å².